The lowest BCUT2D eigenvalue weighted by atomic mass is 9.89. The first kappa shape index (κ1) is 18.6. The number of phenols is 1. The Morgan fingerprint density at radius 3 is 2.63 bits per heavy atom. The van der Waals surface area contributed by atoms with Crippen LogP contribution in [0.2, 0.25) is 0 Å². The molecule has 0 radical (unpaired) electrons. The molecular formula is C24H23FN4O. The van der Waals surface area contributed by atoms with Crippen molar-refractivity contribution < 1.29 is 9.50 Å². The van der Waals surface area contributed by atoms with E-state index in [-0.39, 0.29) is 11.6 Å². The fourth-order valence-electron chi connectivity index (χ4n) is 4.17. The van der Waals surface area contributed by atoms with Crippen LogP contribution in [-0.4, -0.2) is 41.3 Å². The summed E-state index contributed by atoms with van der Waals surface area (Å²) >= 11 is 0. The number of hydrogen-bond acceptors (Lipinski definition) is 4. The van der Waals surface area contributed by atoms with Gasteiger partial charge in [0.05, 0.1) is 17.0 Å². The molecule has 0 spiro atoms. The Hall–Kier alpha value is -3.38. The van der Waals surface area contributed by atoms with E-state index in [9.17, 15) is 9.50 Å². The molecule has 1 atom stereocenters. The second-order valence-corrected chi connectivity index (χ2v) is 7.61. The summed E-state index contributed by atoms with van der Waals surface area (Å²) in [6, 6.07) is 20.1. The summed E-state index contributed by atoms with van der Waals surface area (Å²) in [5.74, 6) is -0.0814. The van der Waals surface area contributed by atoms with Crippen molar-refractivity contribution in [2.45, 2.75) is 5.92 Å². The second-order valence-electron chi connectivity index (χ2n) is 7.61. The van der Waals surface area contributed by atoms with Crippen molar-refractivity contribution in [1.29, 1.82) is 0 Å². The molecule has 1 aliphatic heterocycles. The third-order valence-corrected chi connectivity index (χ3v) is 5.67. The van der Waals surface area contributed by atoms with Gasteiger partial charge in [-0.05, 0) is 48.0 Å². The predicted molar refractivity (Wildman–Crippen MR) is 117 cm³/mol. The molecule has 6 heteroatoms. The zero-order valence-corrected chi connectivity index (χ0v) is 16.5. The number of rotatable bonds is 4. The maximum Gasteiger partial charge on any atom is 0.123 e. The number of piperazine rings is 1. The van der Waals surface area contributed by atoms with Gasteiger partial charge in [0.15, 0.2) is 0 Å². The number of para-hydroxylation sites is 2. The Bertz CT molecular complexity index is 1150. The molecule has 2 heterocycles. The predicted octanol–water partition coefficient (Wildman–Crippen LogP) is 4.00. The number of nitrogens with one attached hydrogen (secondary N) is 2. The first-order chi connectivity index (χ1) is 14.7. The number of benzene rings is 3. The van der Waals surface area contributed by atoms with Gasteiger partial charge in [-0.15, -0.1) is 0 Å². The number of imidazole rings is 1. The number of aromatic nitrogens is 2. The minimum atomic E-state index is -0.420. The highest BCUT2D eigenvalue weighted by atomic mass is 19.1. The number of H-pyrrole nitrogens is 1. The highest BCUT2D eigenvalue weighted by Gasteiger charge is 2.25. The molecule has 30 heavy (non-hydrogen) atoms. The number of hydrogen-bond donors (Lipinski definition) is 3. The van der Waals surface area contributed by atoms with Gasteiger partial charge < -0.3 is 20.3 Å². The maximum absolute atomic E-state index is 14.2. The summed E-state index contributed by atoms with van der Waals surface area (Å²) in [6.45, 7) is 3.76. The van der Waals surface area contributed by atoms with E-state index >= 15 is 0 Å². The normalized spacial score (nSPS) is 15.4. The van der Waals surface area contributed by atoms with Crippen molar-refractivity contribution in [3.05, 3.63) is 89.5 Å². The van der Waals surface area contributed by atoms with E-state index in [1.54, 1.807) is 0 Å². The first-order valence-electron chi connectivity index (χ1n) is 10.2. The summed E-state index contributed by atoms with van der Waals surface area (Å²) in [5.41, 5.74) is 4.31. The SMILES string of the molecule is Oc1ccc(F)cc1C(c1cccc(N2CCNCC2)c1)c1nc2ccccc2[nH]1. The second kappa shape index (κ2) is 7.80. The van der Waals surface area contributed by atoms with Crippen molar-refractivity contribution in [3.8, 4) is 5.75 Å². The zero-order valence-electron chi connectivity index (χ0n) is 16.5. The number of halogens is 1. The van der Waals surface area contributed by atoms with E-state index in [2.05, 4.69) is 27.3 Å². The molecule has 4 aromatic rings. The van der Waals surface area contributed by atoms with Crippen molar-refractivity contribution >= 4 is 16.7 Å². The Morgan fingerprint density at radius 2 is 1.80 bits per heavy atom. The minimum Gasteiger partial charge on any atom is -0.508 e. The summed E-state index contributed by atoms with van der Waals surface area (Å²) in [6.07, 6.45) is 0. The number of nitrogens with zero attached hydrogens (tertiary/aromatic N) is 2. The van der Waals surface area contributed by atoms with Gasteiger partial charge in [0.1, 0.15) is 17.4 Å². The average molecular weight is 402 g/mol. The van der Waals surface area contributed by atoms with Crippen LogP contribution < -0.4 is 10.2 Å². The van der Waals surface area contributed by atoms with Crippen molar-refractivity contribution in [1.82, 2.24) is 15.3 Å². The van der Waals surface area contributed by atoms with Crippen LogP contribution in [0.15, 0.2) is 66.7 Å². The molecule has 1 aliphatic rings. The molecule has 0 aliphatic carbocycles. The van der Waals surface area contributed by atoms with Crippen LogP contribution in [0.3, 0.4) is 0 Å². The molecule has 0 saturated carbocycles. The average Bonchev–Trinajstić information content (AvgIpc) is 3.21. The quantitative estimate of drug-likeness (QED) is 0.483. The molecule has 152 valence electrons. The molecule has 3 aromatic carbocycles. The molecular weight excluding hydrogens is 379 g/mol. The largest absolute Gasteiger partial charge is 0.508 e. The van der Waals surface area contributed by atoms with Crippen LogP contribution in [0.4, 0.5) is 10.1 Å². The minimum absolute atomic E-state index is 0.0504. The fourth-order valence-corrected chi connectivity index (χ4v) is 4.17. The lowest BCUT2D eigenvalue weighted by molar-refractivity contribution is 0.463. The van der Waals surface area contributed by atoms with Gasteiger partial charge in [0.25, 0.3) is 0 Å². The fraction of sp³-hybridized carbons (Fsp3) is 0.208. The standard InChI is InChI=1S/C24H23FN4O/c25-17-8-9-22(30)19(15-17)23(24-27-20-6-1-2-7-21(20)28-24)16-4-3-5-18(14-16)29-12-10-26-11-13-29/h1-9,14-15,23,26,30H,10-13H2,(H,27,28). The number of aromatic hydroxyl groups is 1. The van der Waals surface area contributed by atoms with E-state index in [1.807, 2.05) is 36.4 Å². The number of aromatic amines is 1. The van der Waals surface area contributed by atoms with Crippen molar-refractivity contribution in [2.75, 3.05) is 31.1 Å². The Balaban J connectivity index is 1.65. The lowest BCUT2D eigenvalue weighted by Crippen LogP contribution is -2.43. The van der Waals surface area contributed by atoms with E-state index < -0.39 is 5.92 Å². The lowest BCUT2D eigenvalue weighted by Gasteiger charge is -2.30. The molecule has 5 nitrogen and oxygen atoms in total. The maximum atomic E-state index is 14.2. The topological polar surface area (TPSA) is 64.2 Å². The highest BCUT2D eigenvalue weighted by molar-refractivity contribution is 5.75. The number of phenolic OH excluding ortho intramolecular Hbond substituents is 1. The van der Waals surface area contributed by atoms with Gasteiger partial charge in [-0.2, -0.15) is 0 Å². The molecule has 1 fully saturated rings. The monoisotopic (exact) mass is 402 g/mol. The third kappa shape index (κ3) is 3.50. The van der Waals surface area contributed by atoms with Crippen molar-refractivity contribution in [2.24, 2.45) is 0 Å². The summed E-state index contributed by atoms with van der Waals surface area (Å²) in [4.78, 5) is 10.5. The summed E-state index contributed by atoms with van der Waals surface area (Å²) < 4.78 is 14.2. The van der Waals surface area contributed by atoms with Gasteiger partial charge in [-0.1, -0.05) is 24.3 Å². The van der Waals surface area contributed by atoms with Gasteiger partial charge in [0.2, 0.25) is 0 Å². The van der Waals surface area contributed by atoms with Crippen LogP contribution in [0.5, 0.6) is 5.75 Å². The zero-order chi connectivity index (χ0) is 20.5. The van der Waals surface area contributed by atoms with Crippen LogP contribution in [0.1, 0.15) is 22.9 Å². The van der Waals surface area contributed by atoms with E-state index in [1.165, 1.54) is 18.2 Å². The van der Waals surface area contributed by atoms with Gasteiger partial charge in [0, 0.05) is 37.4 Å². The molecule has 0 amide bonds. The Labute approximate surface area is 174 Å². The molecule has 3 N–H and O–H groups in total. The smallest absolute Gasteiger partial charge is 0.123 e. The molecule has 1 saturated heterocycles. The molecule has 1 aromatic heterocycles. The van der Waals surface area contributed by atoms with Gasteiger partial charge in [-0.25, -0.2) is 9.37 Å². The molecule has 1 unspecified atom stereocenters. The van der Waals surface area contributed by atoms with Crippen LogP contribution in [-0.2, 0) is 0 Å². The van der Waals surface area contributed by atoms with E-state index in [4.69, 9.17) is 4.98 Å². The van der Waals surface area contributed by atoms with Crippen LogP contribution >= 0.6 is 0 Å². The Kier molecular flexibility index (Phi) is 4.85. The van der Waals surface area contributed by atoms with Gasteiger partial charge >= 0.3 is 0 Å². The van der Waals surface area contributed by atoms with E-state index in [0.717, 1.165) is 48.5 Å². The van der Waals surface area contributed by atoms with Gasteiger partial charge in [-0.3, -0.25) is 0 Å². The number of anilines is 1. The molecule has 5 rings (SSSR count). The number of fused-ring (bicyclic) bond motifs is 1. The highest BCUT2D eigenvalue weighted by Crippen LogP contribution is 2.37. The third-order valence-electron chi connectivity index (χ3n) is 5.67. The van der Waals surface area contributed by atoms with E-state index in [0.29, 0.717) is 11.4 Å². The summed E-state index contributed by atoms with van der Waals surface area (Å²) in [7, 11) is 0. The first-order valence-corrected chi connectivity index (χ1v) is 10.2. The van der Waals surface area contributed by atoms with Crippen molar-refractivity contribution in [3.63, 3.8) is 0 Å². The van der Waals surface area contributed by atoms with Crippen LogP contribution in [0, 0.1) is 5.82 Å². The summed E-state index contributed by atoms with van der Waals surface area (Å²) in [5, 5.41) is 14.0. The van der Waals surface area contributed by atoms with Crippen LogP contribution in [0.25, 0.3) is 11.0 Å². The Morgan fingerprint density at radius 1 is 0.967 bits per heavy atom. The molecule has 0 bridgehead atoms.